The van der Waals surface area contributed by atoms with Gasteiger partial charge in [-0.15, -0.1) is 0 Å². The summed E-state index contributed by atoms with van der Waals surface area (Å²) < 4.78 is 21.8. The van der Waals surface area contributed by atoms with E-state index in [1.54, 1.807) is 17.2 Å². The van der Waals surface area contributed by atoms with Crippen molar-refractivity contribution in [2.24, 2.45) is 0 Å². The molecule has 0 radical (unpaired) electrons. The van der Waals surface area contributed by atoms with E-state index in [4.69, 9.17) is 16.3 Å². The first-order valence-electron chi connectivity index (χ1n) is 12.7. The van der Waals surface area contributed by atoms with Gasteiger partial charge in [-0.3, -0.25) is 4.98 Å². The van der Waals surface area contributed by atoms with Crippen molar-refractivity contribution < 1.29 is 13.9 Å². The second kappa shape index (κ2) is 10.1. The van der Waals surface area contributed by atoms with Crippen molar-refractivity contribution >= 4 is 34.5 Å². The molecule has 0 spiro atoms. The standard InChI is InChI=1S/C27H34ClFN6O3/c1-14(2)20-21(15(3)9-10-30-20)35-23-18(11-19(29)22(28)31-23)24(32-25(35)36)34-16(4)12-33(13-17(34)5)26(37)38-27(6,7)8/h9-11,14,16-17H,12-13H2,1-8H3/t16-,17-/m0/s1. The predicted octanol–water partition coefficient (Wildman–Crippen LogP) is 5.23. The molecule has 0 unspecified atom stereocenters. The Bertz CT molecular complexity index is 1440. The lowest BCUT2D eigenvalue weighted by molar-refractivity contribution is 0.0192. The lowest BCUT2D eigenvalue weighted by atomic mass is 10.0. The van der Waals surface area contributed by atoms with E-state index < -0.39 is 23.2 Å². The van der Waals surface area contributed by atoms with Gasteiger partial charge >= 0.3 is 11.8 Å². The number of rotatable bonds is 3. The summed E-state index contributed by atoms with van der Waals surface area (Å²) in [4.78, 5) is 43.3. The Hall–Kier alpha value is -3.27. The zero-order valence-electron chi connectivity index (χ0n) is 23.0. The maximum atomic E-state index is 14.8. The molecule has 1 saturated heterocycles. The molecule has 0 bridgehead atoms. The van der Waals surface area contributed by atoms with Crippen LogP contribution < -0.4 is 10.6 Å². The van der Waals surface area contributed by atoms with Crippen LogP contribution in [0.3, 0.4) is 0 Å². The molecule has 204 valence electrons. The van der Waals surface area contributed by atoms with Crippen LogP contribution >= 0.6 is 11.6 Å². The SMILES string of the molecule is Cc1ccnc(C(C)C)c1-n1c(=O)nc(N2[C@@H](C)CN(C(=O)OC(C)(C)C)C[C@@H]2C)c2cc(F)c(Cl)nc21. The van der Waals surface area contributed by atoms with Gasteiger partial charge in [0.05, 0.1) is 16.8 Å². The van der Waals surface area contributed by atoms with E-state index in [1.165, 1.54) is 10.6 Å². The van der Waals surface area contributed by atoms with Gasteiger partial charge in [0, 0.05) is 31.4 Å². The van der Waals surface area contributed by atoms with Gasteiger partial charge in [0.25, 0.3) is 0 Å². The van der Waals surface area contributed by atoms with E-state index in [2.05, 4.69) is 15.0 Å². The van der Waals surface area contributed by atoms with E-state index >= 15 is 0 Å². The molecule has 1 aliphatic rings. The molecular formula is C27H34ClFN6O3. The quantitative estimate of drug-likeness (QED) is 0.416. The summed E-state index contributed by atoms with van der Waals surface area (Å²) in [5, 5.41) is 0.000148. The third-order valence-electron chi connectivity index (χ3n) is 6.50. The summed E-state index contributed by atoms with van der Waals surface area (Å²) >= 11 is 6.13. The topological polar surface area (TPSA) is 93.5 Å². The summed E-state index contributed by atoms with van der Waals surface area (Å²) in [6.45, 7) is 15.8. The van der Waals surface area contributed by atoms with Crippen LogP contribution in [0, 0.1) is 12.7 Å². The van der Waals surface area contributed by atoms with E-state index in [1.807, 2.05) is 60.3 Å². The number of hydrogen-bond acceptors (Lipinski definition) is 7. The Morgan fingerprint density at radius 1 is 1.18 bits per heavy atom. The Morgan fingerprint density at radius 2 is 1.82 bits per heavy atom. The fourth-order valence-electron chi connectivity index (χ4n) is 4.98. The van der Waals surface area contributed by atoms with Gasteiger partial charge in [0.15, 0.2) is 16.6 Å². The number of piperazine rings is 1. The first kappa shape index (κ1) is 27.8. The van der Waals surface area contributed by atoms with Gasteiger partial charge in [-0.05, 0) is 65.2 Å². The monoisotopic (exact) mass is 544 g/mol. The number of amides is 1. The highest BCUT2D eigenvalue weighted by Gasteiger charge is 2.36. The van der Waals surface area contributed by atoms with Crippen LogP contribution in [0.5, 0.6) is 0 Å². The van der Waals surface area contributed by atoms with Gasteiger partial charge < -0.3 is 14.5 Å². The van der Waals surface area contributed by atoms with Crippen LogP contribution in [-0.2, 0) is 4.74 Å². The lowest BCUT2D eigenvalue weighted by Gasteiger charge is -2.45. The molecule has 3 aromatic heterocycles. The molecule has 2 atom stereocenters. The van der Waals surface area contributed by atoms with E-state index in [-0.39, 0.29) is 28.8 Å². The Labute approximate surface area is 226 Å². The van der Waals surface area contributed by atoms with Crippen molar-refractivity contribution in [3.63, 3.8) is 0 Å². The Balaban J connectivity index is 1.89. The number of pyridine rings is 2. The molecule has 1 fully saturated rings. The number of aromatic nitrogens is 4. The fraction of sp³-hybridized carbons (Fsp3) is 0.519. The van der Waals surface area contributed by atoms with Crippen molar-refractivity contribution in [2.45, 2.75) is 79.0 Å². The number of hydrogen-bond donors (Lipinski definition) is 0. The number of aryl methyl sites for hydroxylation is 1. The fourth-order valence-corrected chi connectivity index (χ4v) is 5.12. The molecule has 4 heterocycles. The minimum Gasteiger partial charge on any atom is -0.444 e. The summed E-state index contributed by atoms with van der Waals surface area (Å²) in [5.74, 6) is -0.420. The smallest absolute Gasteiger partial charge is 0.410 e. The molecule has 0 aromatic carbocycles. The van der Waals surface area contributed by atoms with Crippen LogP contribution in [0.4, 0.5) is 15.0 Å². The van der Waals surface area contributed by atoms with Gasteiger partial charge in [0.2, 0.25) is 0 Å². The molecule has 38 heavy (non-hydrogen) atoms. The predicted molar refractivity (Wildman–Crippen MR) is 146 cm³/mol. The maximum Gasteiger partial charge on any atom is 0.410 e. The lowest BCUT2D eigenvalue weighted by Crippen LogP contribution is -2.59. The van der Waals surface area contributed by atoms with Crippen LogP contribution in [0.2, 0.25) is 5.15 Å². The highest BCUT2D eigenvalue weighted by molar-refractivity contribution is 6.30. The summed E-state index contributed by atoms with van der Waals surface area (Å²) in [6.07, 6.45) is 1.29. The number of carbonyl (C=O) groups excluding carboxylic acids is 1. The molecule has 3 aromatic rings. The van der Waals surface area contributed by atoms with E-state index in [0.29, 0.717) is 35.7 Å². The summed E-state index contributed by atoms with van der Waals surface area (Å²) in [6, 6.07) is 2.58. The number of halogens is 2. The number of ether oxygens (including phenoxy) is 1. The molecule has 4 rings (SSSR count). The largest absolute Gasteiger partial charge is 0.444 e. The third-order valence-corrected chi connectivity index (χ3v) is 6.76. The third kappa shape index (κ3) is 5.18. The molecule has 1 amide bonds. The van der Waals surface area contributed by atoms with Gasteiger partial charge in [-0.2, -0.15) is 4.98 Å². The van der Waals surface area contributed by atoms with Crippen molar-refractivity contribution in [1.82, 2.24) is 24.4 Å². The second-order valence-corrected chi connectivity index (χ2v) is 11.6. The number of nitrogens with zero attached hydrogens (tertiary/aromatic N) is 6. The number of carbonyl (C=O) groups is 1. The van der Waals surface area contributed by atoms with Crippen LogP contribution in [-0.4, -0.2) is 61.3 Å². The van der Waals surface area contributed by atoms with Crippen molar-refractivity contribution in [3.05, 3.63) is 51.0 Å². The normalized spacial score (nSPS) is 18.4. The zero-order chi connectivity index (χ0) is 28.1. The average molecular weight is 545 g/mol. The van der Waals surface area contributed by atoms with Crippen LogP contribution in [0.15, 0.2) is 23.1 Å². The zero-order valence-corrected chi connectivity index (χ0v) is 23.8. The van der Waals surface area contributed by atoms with Crippen molar-refractivity contribution in [3.8, 4) is 5.69 Å². The summed E-state index contributed by atoms with van der Waals surface area (Å²) in [5.41, 5.74) is 1.05. The second-order valence-electron chi connectivity index (χ2n) is 11.2. The first-order valence-corrected chi connectivity index (χ1v) is 13.1. The maximum absolute atomic E-state index is 14.8. The van der Waals surface area contributed by atoms with Crippen molar-refractivity contribution in [2.75, 3.05) is 18.0 Å². The molecule has 0 N–H and O–H groups in total. The van der Waals surface area contributed by atoms with Crippen LogP contribution in [0.25, 0.3) is 16.7 Å². The first-order chi connectivity index (χ1) is 17.7. The number of anilines is 1. The highest BCUT2D eigenvalue weighted by Crippen LogP contribution is 2.33. The molecule has 1 aliphatic heterocycles. The molecule has 9 nitrogen and oxygen atoms in total. The molecule has 11 heteroatoms. The molecule has 0 aliphatic carbocycles. The number of fused-ring (bicyclic) bond motifs is 1. The highest BCUT2D eigenvalue weighted by atomic mass is 35.5. The molecular weight excluding hydrogens is 511 g/mol. The van der Waals surface area contributed by atoms with Gasteiger partial charge in [0.1, 0.15) is 11.4 Å². The minimum atomic E-state index is -0.716. The van der Waals surface area contributed by atoms with Crippen LogP contribution in [0.1, 0.15) is 65.6 Å². The average Bonchev–Trinajstić information content (AvgIpc) is 2.79. The Kier molecular flexibility index (Phi) is 7.40. The molecule has 0 saturated carbocycles. The minimum absolute atomic E-state index is 0.00317. The van der Waals surface area contributed by atoms with Gasteiger partial charge in [-0.25, -0.2) is 23.5 Å². The van der Waals surface area contributed by atoms with Crippen molar-refractivity contribution in [1.29, 1.82) is 0 Å². The van der Waals surface area contributed by atoms with E-state index in [0.717, 1.165) is 5.56 Å². The van der Waals surface area contributed by atoms with Gasteiger partial charge in [-0.1, -0.05) is 25.4 Å². The summed E-state index contributed by atoms with van der Waals surface area (Å²) in [7, 11) is 0. The van der Waals surface area contributed by atoms with E-state index in [9.17, 15) is 14.0 Å². The Morgan fingerprint density at radius 3 is 2.39 bits per heavy atom.